The molecule has 8 heteroatoms. The lowest BCUT2D eigenvalue weighted by molar-refractivity contribution is 0.180. The Labute approximate surface area is 150 Å². The monoisotopic (exact) mass is 352 g/mol. The molecule has 3 N–H and O–H groups in total. The Kier molecular flexibility index (Phi) is 3.84. The Hall–Kier alpha value is -3.00. The van der Waals surface area contributed by atoms with Gasteiger partial charge >= 0.3 is 6.03 Å². The van der Waals surface area contributed by atoms with Crippen molar-refractivity contribution in [1.82, 2.24) is 19.5 Å². The molecule has 1 saturated heterocycles. The van der Waals surface area contributed by atoms with Crippen LogP contribution < -0.4 is 11.1 Å². The molecular formula is C18H20N6O2. The third-order valence-electron chi connectivity index (χ3n) is 4.87. The molecule has 26 heavy (non-hydrogen) atoms. The maximum Gasteiger partial charge on any atom is 0.317 e. The summed E-state index contributed by atoms with van der Waals surface area (Å²) in [4.78, 5) is 24.6. The molecule has 1 aliphatic rings. The number of nitrogens with zero attached hydrogens (tertiary/aromatic N) is 4. The van der Waals surface area contributed by atoms with Gasteiger partial charge in [0.05, 0.1) is 35.9 Å². The summed E-state index contributed by atoms with van der Waals surface area (Å²) in [6.45, 7) is 3.54. The van der Waals surface area contributed by atoms with Crippen molar-refractivity contribution < 1.29 is 9.53 Å². The molecule has 1 fully saturated rings. The third-order valence-corrected chi connectivity index (χ3v) is 4.87. The first-order valence-electron chi connectivity index (χ1n) is 8.38. The molecule has 4 heterocycles. The number of hydrogen-bond acceptors (Lipinski definition) is 5. The Bertz CT molecular complexity index is 991. The first kappa shape index (κ1) is 16.5. The predicted octanol–water partition coefficient (Wildman–Crippen LogP) is 2.20. The van der Waals surface area contributed by atoms with E-state index in [-0.39, 0.29) is 5.41 Å². The quantitative estimate of drug-likeness (QED) is 0.751. The molecule has 0 aromatic carbocycles. The molecule has 1 aliphatic heterocycles. The lowest BCUT2D eigenvalue weighted by atomic mass is 9.86. The molecule has 0 radical (unpaired) electrons. The molecule has 0 spiro atoms. The first-order valence-corrected chi connectivity index (χ1v) is 8.38. The van der Waals surface area contributed by atoms with Crippen LogP contribution in [-0.4, -0.2) is 38.8 Å². The normalized spacial score (nSPS) is 19.8. The van der Waals surface area contributed by atoms with Gasteiger partial charge in [-0.15, -0.1) is 0 Å². The lowest BCUT2D eigenvalue weighted by Gasteiger charge is -2.20. The number of nitrogens with two attached hydrogens (primary N) is 1. The number of carbonyl (C=O) groups excluding carboxylic acids is 1. The molecule has 1 atom stereocenters. The van der Waals surface area contributed by atoms with Gasteiger partial charge in [0, 0.05) is 42.4 Å². The summed E-state index contributed by atoms with van der Waals surface area (Å²) < 4.78 is 7.53. The third kappa shape index (κ3) is 2.78. The van der Waals surface area contributed by atoms with Crippen molar-refractivity contribution in [2.45, 2.75) is 18.8 Å². The molecule has 8 nitrogen and oxygen atoms in total. The summed E-state index contributed by atoms with van der Waals surface area (Å²) >= 11 is 0. The zero-order valence-electron chi connectivity index (χ0n) is 14.7. The van der Waals surface area contributed by atoms with E-state index in [9.17, 15) is 4.79 Å². The molecule has 0 bridgehead atoms. The Morgan fingerprint density at radius 2 is 2.23 bits per heavy atom. The van der Waals surface area contributed by atoms with E-state index in [1.807, 2.05) is 24.0 Å². The highest BCUT2D eigenvalue weighted by Gasteiger charge is 2.33. The van der Waals surface area contributed by atoms with E-state index in [1.165, 1.54) is 0 Å². The number of pyridine rings is 1. The van der Waals surface area contributed by atoms with Crippen LogP contribution in [0.15, 0.2) is 30.9 Å². The van der Waals surface area contributed by atoms with Crippen molar-refractivity contribution in [3.63, 3.8) is 0 Å². The second-order valence-electron chi connectivity index (χ2n) is 6.88. The SMILES string of the molecule is Cn1cc(-c2cncc([C@]3(C)CCOC3)n2)c2cc(NC(N)=O)ncc21. The number of aromatic nitrogens is 4. The summed E-state index contributed by atoms with van der Waals surface area (Å²) in [5.41, 5.74) is 8.63. The molecule has 3 aromatic rings. The van der Waals surface area contributed by atoms with Gasteiger partial charge in [-0.3, -0.25) is 10.3 Å². The zero-order valence-corrected chi connectivity index (χ0v) is 14.7. The van der Waals surface area contributed by atoms with Gasteiger partial charge < -0.3 is 15.0 Å². The average Bonchev–Trinajstić information content (AvgIpc) is 3.19. The van der Waals surface area contributed by atoms with Gasteiger partial charge in [-0.25, -0.2) is 14.8 Å². The highest BCUT2D eigenvalue weighted by molar-refractivity contribution is 5.97. The number of nitrogens with one attached hydrogen (secondary N) is 1. The van der Waals surface area contributed by atoms with E-state index >= 15 is 0 Å². The van der Waals surface area contributed by atoms with E-state index in [4.69, 9.17) is 15.5 Å². The number of aryl methyl sites for hydroxylation is 1. The van der Waals surface area contributed by atoms with Crippen molar-refractivity contribution in [3.8, 4) is 11.3 Å². The van der Waals surface area contributed by atoms with Crippen molar-refractivity contribution >= 4 is 22.8 Å². The number of rotatable bonds is 3. The number of fused-ring (bicyclic) bond motifs is 1. The minimum absolute atomic E-state index is 0.117. The minimum atomic E-state index is -0.648. The van der Waals surface area contributed by atoms with Gasteiger partial charge in [-0.1, -0.05) is 6.92 Å². The molecule has 2 amide bonds. The van der Waals surface area contributed by atoms with Crippen molar-refractivity contribution in [1.29, 1.82) is 0 Å². The van der Waals surface area contributed by atoms with E-state index in [2.05, 4.69) is 22.2 Å². The minimum Gasteiger partial charge on any atom is -0.380 e. The van der Waals surface area contributed by atoms with Gasteiger partial charge in [0.25, 0.3) is 0 Å². The van der Waals surface area contributed by atoms with E-state index in [1.54, 1.807) is 18.5 Å². The summed E-state index contributed by atoms with van der Waals surface area (Å²) in [5, 5.41) is 3.43. The van der Waals surface area contributed by atoms with Gasteiger partial charge in [0.15, 0.2) is 0 Å². The Balaban J connectivity index is 1.82. The molecule has 3 aromatic heterocycles. The fourth-order valence-corrected chi connectivity index (χ4v) is 3.33. The van der Waals surface area contributed by atoms with Crippen LogP contribution in [0, 0.1) is 0 Å². The number of hydrogen-bond donors (Lipinski definition) is 2. The summed E-state index contributed by atoms with van der Waals surface area (Å²) in [7, 11) is 1.94. The number of ether oxygens (including phenoxy) is 1. The van der Waals surface area contributed by atoms with Crippen LogP contribution in [0.1, 0.15) is 19.0 Å². The Morgan fingerprint density at radius 1 is 1.38 bits per heavy atom. The smallest absolute Gasteiger partial charge is 0.317 e. The van der Waals surface area contributed by atoms with Gasteiger partial charge in [-0.05, 0) is 12.5 Å². The standard InChI is InChI=1S/C18H20N6O2/c1-18(3-4-26-10-18)15-8-20-6-13(22-15)12-9-24(2)14-7-21-16(5-11(12)14)23-17(19)25/h5-9H,3-4,10H2,1-2H3,(H3,19,21,23,25)/t18-/m1/s1. The molecule has 0 aliphatic carbocycles. The molecule has 4 rings (SSSR count). The van der Waals surface area contributed by atoms with Gasteiger partial charge in [0.2, 0.25) is 0 Å². The van der Waals surface area contributed by atoms with Crippen LogP contribution >= 0.6 is 0 Å². The van der Waals surface area contributed by atoms with Crippen LogP contribution in [0.3, 0.4) is 0 Å². The summed E-state index contributed by atoms with van der Waals surface area (Å²) in [6.07, 6.45) is 8.18. The average molecular weight is 352 g/mol. The Morgan fingerprint density at radius 3 is 2.96 bits per heavy atom. The number of amides is 2. The van der Waals surface area contributed by atoms with Crippen LogP contribution in [0.5, 0.6) is 0 Å². The number of urea groups is 1. The van der Waals surface area contributed by atoms with E-state index < -0.39 is 6.03 Å². The number of anilines is 1. The maximum atomic E-state index is 11.1. The molecule has 134 valence electrons. The van der Waals surface area contributed by atoms with Gasteiger partial charge in [0.1, 0.15) is 5.82 Å². The number of primary amides is 1. The van der Waals surface area contributed by atoms with Crippen molar-refractivity contribution in [3.05, 3.63) is 36.5 Å². The highest BCUT2D eigenvalue weighted by atomic mass is 16.5. The fraction of sp³-hybridized carbons (Fsp3) is 0.333. The van der Waals surface area contributed by atoms with Gasteiger partial charge in [-0.2, -0.15) is 0 Å². The molecule has 0 saturated carbocycles. The summed E-state index contributed by atoms with van der Waals surface area (Å²) in [5.74, 6) is 0.401. The topological polar surface area (TPSA) is 108 Å². The maximum absolute atomic E-state index is 11.1. The second-order valence-corrected chi connectivity index (χ2v) is 6.88. The van der Waals surface area contributed by atoms with Crippen LogP contribution in [0.2, 0.25) is 0 Å². The van der Waals surface area contributed by atoms with E-state index in [0.717, 1.165) is 40.9 Å². The first-order chi connectivity index (χ1) is 12.5. The second kappa shape index (κ2) is 6.06. The van der Waals surface area contributed by atoms with Crippen molar-refractivity contribution in [2.75, 3.05) is 18.5 Å². The number of carbonyl (C=O) groups is 1. The highest BCUT2D eigenvalue weighted by Crippen LogP contribution is 2.34. The van der Waals surface area contributed by atoms with Crippen LogP contribution in [0.4, 0.5) is 10.6 Å². The largest absolute Gasteiger partial charge is 0.380 e. The predicted molar refractivity (Wildman–Crippen MR) is 97.7 cm³/mol. The van der Waals surface area contributed by atoms with Crippen LogP contribution in [0.25, 0.3) is 22.2 Å². The lowest BCUT2D eigenvalue weighted by Crippen LogP contribution is -2.23. The summed E-state index contributed by atoms with van der Waals surface area (Å²) in [6, 6.07) is 1.15. The molecular weight excluding hydrogens is 332 g/mol. The van der Waals surface area contributed by atoms with Crippen molar-refractivity contribution in [2.24, 2.45) is 12.8 Å². The fourth-order valence-electron chi connectivity index (χ4n) is 3.33. The zero-order chi connectivity index (χ0) is 18.3. The van der Waals surface area contributed by atoms with Crippen LogP contribution in [-0.2, 0) is 17.2 Å². The molecule has 0 unspecified atom stereocenters. The van der Waals surface area contributed by atoms with E-state index in [0.29, 0.717) is 12.4 Å².